The lowest BCUT2D eigenvalue weighted by Crippen LogP contribution is -2.27. The van der Waals surface area contributed by atoms with Gasteiger partial charge in [-0.25, -0.2) is 0 Å². The molecule has 2 aliphatic heterocycles. The third kappa shape index (κ3) is 3.57. The van der Waals surface area contributed by atoms with Crippen LogP contribution in [-0.4, -0.2) is 42.6 Å². The average molecular weight is 314 g/mol. The highest BCUT2D eigenvalue weighted by molar-refractivity contribution is 8.00. The number of hydrogen-bond acceptors (Lipinski definition) is 5. The van der Waals surface area contributed by atoms with Gasteiger partial charge >= 0.3 is 5.97 Å². The van der Waals surface area contributed by atoms with Gasteiger partial charge in [0.1, 0.15) is 0 Å². The highest BCUT2D eigenvalue weighted by Crippen LogP contribution is 2.54. The monoisotopic (exact) mass is 314 g/mol. The quantitative estimate of drug-likeness (QED) is 0.557. The third-order valence-corrected chi connectivity index (χ3v) is 6.60. The number of hydrogen-bond donors (Lipinski definition) is 0. The van der Waals surface area contributed by atoms with Crippen molar-refractivity contribution < 1.29 is 19.0 Å². The summed E-state index contributed by atoms with van der Waals surface area (Å²) in [6.07, 6.45) is 6.01. The van der Waals surface area contributed by atoms with Crippen LogP contribution >= 0.6 is 11.8 Å². The van der Waals surface area contributed by atoms with Gasteiger partial charge in [-0.2, -0.15) is 11.8 Å². The summed E-state index contributed by atoms with van der Waals surface area (Å²) in [5, 5.41) is 0.726. The van der Waals surface area contributed by atoms with Crippen LogP contribution in [0.4, 0.5) is 0 Å². The SMILES string of the molecule is CCOC(=O)CCCCC1SCC2CC3(CC21)OCCO3. The summed E-state index contributed by atoms with van der Waals surface area (Å²) in [7, 11) is 0. The molecule has 21 heavy (non-hydrogen) atoms. The summed E-state index contributed by atoms with van der Waals surface area (Å²) >= 11 is 2.12. The van der Waals surface area contributed by atoms with E-state index < -0.39 is 0 Å². The summed E-state index contributed by atoms with van der Waals surface area (Å²) in [4.78, 5) is 11.3. The molecule has 3 fully saturated rings. The van der Waals surface area contributed by atoms with E-state index in [4.69, 9.17) is 14.2 Å². The largest absolute Gasteiger partial charge is 0.466 e. The Hall–Kier alpha value is -0.260. The van der Waals surface area contributed by atoms with E-state index in [1.54, 1.807) is 0 Å². The zero-order valence-electron chi connectivity index (χ0n) is 12.8. The van der Waals surface area contributed by atoms with E-state index in [1.165, 1.54) is 12.2 Å². The van der Waals surface area contributed by atoms with Crippen LogP contribution in [0.3, 0.4) is 0 Å². The molecule has 2 heterocycles. The lowest BCUT2D eigenvalue weighted by atomic mass is 9.92. The Balaban J connectivity index is 1.40. The van der Waals surface area contributed by atoms with E-state index in [0.717, 1.165) is 56.0 Å². The van der Waals surface area contributed by atoms with Crippen molar-refractivity contribution in [3.8, 4) is 0 Å². The van der Waals surface area contributed by atoms with Gasteiger partial charge in [-0.05, 0) is 37.4 Å². The number of fused-ring (bicyclic) bond motifs is 1. The zero-order chi connectivity index (χ0) is 14.7. The second-order valence-electron chi connectivity index (χ2n) is 6.36. The number of esters is 1. The minimum absolute atomic E-state index is 0.0537. The molecule has 3 rings (SSSR count). The molecule has 4 nitrogen and oxygen atoms in total. The molecule has 3 aliphatic rings. The summed E-state index contributed by atoms with van der Waals surface area (Å²) in [6, 6.07) is 0. The summed E-state index contributed by atoms with van der Waals surface area (Å²) in [6.45, 7) is 3.87. The van der Waals surface area contributed by atoms with Gasteiger partial charge < -0.3 is 14.2 Å². The van der Waals surface area contributed by atoms with Gasteiger partial charge in [0, 0.05) is 24.5 Å². The van der Waals surface area contributed by atoms with Crippen molar-refractivity contribution in [1.82, 2.24) is 0 Å². The summed E-state index contributed by atoms with van der Waals surface area (Å²) in [5.41, 5.74) is 0. The second kappa shape index (κ2) is 6.88. The van der Waals surface area contributed by atoms with E-state index in [1.807, 2.05) is 6.92 Å². The molecule has 3 unspecified atom stereocenters. The summed E-state index contributed by atoms with van der Waals surface area (Å²) < 4.78 is 16.7. The fraction of sp³-hybridized carbons (Fsp3) is 0.938. The molecule has 0 amide bonds. The molecular weight excluding hydrogens is 288 g/mol. The smallest absolute Gasteiger partial charge is 0.305 e. The van der Waals surface area contributed by atoms with Crippen molar-refractivity contribution in [2.24, 2.45) is 11.8 Å². The van der Waals surface area contributed by atoms with Crippen molar-refractivity contribution in [2.75, 3.05) is 25.6 Å². The van der Waals surface area contributed by atoms with Crippen molar-refractivity contribution in [2.45, 2.75) is 56.5 Å². The fourth-order valence-electron chi connectivity index (χ4n) is 4.03. The number of unbranched alkanes of at least 4 members (excludes halogenated alkanes) is 1. The molecule has 3 atom stereocenters. The van der Waals surface area contributed by atoms with Gasteiger partial charge in [-0.1, -0.05) is 6.42 Å². The van der Waals surface area contributed by atoms with Crippen LogP contribution < -0.4 is 0 Å². The van der Waals surface area contributed by atoms with Crippen LogP contribution in [0, 0.1) is 11.8 Å². The number of rotatable bonds is 6. The Morgan fingerprint density at radius 1 is 1.29 bits per heavy atom. The highest BCUT2D eigenvalue weighted by Gasteiger charge is 2.53. The molecule has 0 N–H and O–H groups in total. The third-order valence-electron chi connectivity index (χ3n) is 4.97. The van der Waals surface area contributed by atoms with Crippen LogP contribution in [0.2, 0.25) is 0 Å². The standard InChI is InChI=1S/C16H26O4S/c1-2-18-15(17)6-4-3-5-14-13-10-16(19-7-8-20-16)9-12(13)11-21-14/h12-14H,2-11H2,1H3. The van der Waals surface area contributed by atoms with Crippen LogP contribution in [-0.2, 0) is 19.0 Å². The van der Waals surface area contributed by atoms with Gasteiger partial charge in [0.25, 0.3) is 0 Å². The predicted molar refractivity (Wildman–Crippen MR) is 82.2 cm³/mol. The van der Waals surface area contributed by atoms with Crippen LogP contribution in [0.25, 0.3) is 0 Å². The molecule has 2 saturated heterocycles. The fourth-order valence-corrected chi connectivity index (χ4v) is 5.78. The van der Waals surface area contributed by atoms with Gasteiger partial charge in [-0.15, -0.1) is 0 Å². The lowest BCUT2D eigenvalue weighted by molar-refractivity contribution is -0.154. The minimum atomic E-state index is -0.237. The predicted octanol–water partition coefficient (Wildman–Crippen LogP) is 2.99. The first-order chi connectivity index (χ1) is 10.2. The first kappa shape index (κ1) is 15.6. The Morgan fingerprint density at radius 3 is 2.86 bits per heavy atom. The van der Waals surface area contributed by atoms with E-state index in [0.29, 0.717) is 13.0 Å². The first-order valence-electron chi connectivity index (χ1n) is 8.27. The van der Waals surface area contributed by atoms with Crippen LogP contribution in [0.5, 0.6) is 0 Å². The van der Waals surface area contributed by atoms with Gasteiger partial charge in [0.05, 0.1) is 19.8 Å². The number of carbonyl (C=O) groups excluding carboxylic acids is 1. The number of thioether (sulfide) groups is 1. The molecule has 5 heteroatoms. The Morgan fingerprint density at radius 2 is 2.10 bits per heavy atom. The van der Waals surface area contributed by atoms with Gasteiger partial charge in [0.2, 0.25) is 0 Å². The van der Waals surface area contributed by atoms with Crippen molar-refractivity contribution in [3.05, 3.63) is 0 Å². The normalized spacial score (nSPS) is 33.5. The molecule has 1 spiro atoms. The van der Waals surface area contributed by atoms with Crippen molar-refractivity contribution in [1.29, 1.82) is 0 Å². The van der Waals surface area contributed by atoms with Crippen molar-refractivity contribution in [3.63, 3.8) is 0 Å². The molecule has 0 radical (unpaired) electrons. The van der Waals surface area contributed by atoms with E-state index in [2.05, 4.69) is 11.8 Å². The van der Waals surface area contributed by atoms with Gasteiger partial charge in [0.15, 0.2) is 5.79 Å². The molecular formula is C16H26O4S. The molecule has 1 aliphatic carbocycles. The maximum atomic E-state index is 11.3. The topological polar surface area (TPSA) is 44.8 Å². The Labute approximate surface area is 131 Å². The molecule has 1 saturated carbocycles. The number of ether oxygens (including phenoxy) is 3. The summed E-state index contributed by atoms with van der Waals surface area (Å²) in [5.74, 6) is 2.47. The van der Waals surface area contributed by atoms with Gasteiger partial charge in [-0.3, -0.25) is 4.79 Å². The highest BCUT2D eigenvalue weighted by atomic mass is 32.2. The maximum Gasteiger partial charge on any atom is 0.305 e. The van der Waals surface area contributed by atoms with Crippen molar-refractivity contribution >= 4 is 17.7 Å². The van der Waals surface area contributed by atoms with E-state index >= 15 is 0 Å². The minimum Gasteiger partial charge on any atom is -0.466 e. The van der Waals surface area contributed by atoms with Crippen LogP contribution in [0.1, 0.15) is 45.4 Å². The molecule has 120 valence electrons. The average Bonchev–Trinajstić information content (AvgIpc) is 3.14. The number of carbonyl (C=O) groups is 1. The van der Waals surface area contributed by atoms with Crippen LogP contribution in [0.15, 0.2) is 0 Å². The molecule has 0 bridgehead atoms. The molecule has 0 aromatic heterocycles. The Bertz CT molecular complexity index is 367. The molecule has 0 aromatic rings. The Kier molecular flexibility index (Phi) is 5.12. The van der Waals surface area contributed by atoms with E-state index in [-0.39, 0.29) is 11.8 Å². The maximum absolute atomic E-state index is 11.3. The lowest BCUT2D eigenvalue weighted by Gasteiger charge is -2.24. The molecule has 0 aromatic carbocycles. The first-order valence-corrected chi connectivity index (χ1v) is 9.32. The second-order valence-corrected chi connectivity index (χ2v) is 7.63. The zero-order valence-corrected chi connectivity index (χ0v) is 13.7. The van der Waals surface area contributed by atoms with E-state index in [9.17, 15) is 4.79 Å².